The zero-order valence-electron chi connectivity index (χ0n) is 17.5. The maximum absolute atomic E-state index is 13.0. The number of aliphatic hydroxyl groups excluding tert-OH is 1. The minimum Gasteiger partial charge on any atom is -0.508 e. The second kappa shape index (κ2) is 12.0. The Morgan fingerprint density at radius 1 is 1.24 bits per heavy atom. The summed E-state index contributed by atoms with van der Waals surface area (Å²) in [6.07, 6.45) is 4.41. The van der Waals surface area contributed by atoms with Gasteiger partial charge < -0.3 is 10.4 Å². The van der Waals surface area contributed by atoms with E-state index in [0.717, 1.165) is 20.9 Å². The highest BCUT2D eigenvalue weighted by atomic mass is 32.1. The summed E-state index contributed by atoms with van der Waals surface area (Å²) in [6.45, 7) is 9.60. The first-order valence-corrected chi connectivity index (χ1v) is 10.1. The van der Waals surface area contributed by atoms with Crippen LogP contribution < -0.4 is 5.32 Å². The number of hydrogen-bond acceptors (Lipinski definition) is 4. The van der Waals surface area contributed by atoms with Gasteiger partial charge in [-0.25, -0.2) is 4.39 Å². The second-order valence-electron chi connectivity index (χ2n) is 6.81. The summed E-state index contributed by atoms with van der Waals surface area (Å²) in [7, 11) is 0. The number of amides is 1. The SMILES string of the molecule is C/C=C\C(O)=C/C(=O)C(C)C.Cc1cc(C)c(C(=O)NCc2cccc(F)c2)s1. The molecule has 1 amide bonds. The number of allylic oxidation sites excluding steroid dienone is 3. The Balaban J connectivity index is 0.000000331. The summed E-state index contributed by atoms with van der Waals surface area (Å²) in [4.78, 5) is 24.7. The molecule has 0 fully saturated rings. The van der Waals surface area contributed by atoms with Gasteiger partial charge >= 0.3 is 0 Å². The van der Waals surface area contributed by atoms with E-state index in [1.807, 2.05) is 19.9 Å². The van der Waals surface area contributed by atoms with Gasteiger partial charge in [0, 0.05) is 23.4 Å². The minimum absolute atomic E-state index is 0.0196. The van der Waals surface area contributed by atoms with Crippen LogP contribution in [0, 0.1) is 25.6 Å². The molecule has 0 aliphatic heterocycles. The Hall–Kier alpha value is -2.73. The van der Waals surface area contributed by atoms with Crippen LogP contribution in [0.4, 0.5) is 4.39 Å². The van der Waals surface area contributed by atoms with Crippen LogP contribution in [0.5, 0.6) is 0 Å². The summed E-state index contributed by atoms with van der Waals surface area (Å²) in [5.41, 5.74) is 1.74. The zero-order chi connectivity index (χ0) is 22.0. The third-order valence-electron chi connectivity index (χ3n) is 3.79. The zero-order valence-corrected chi connectivity index (χ0v) is 18.3. The topological polar surface area (TPSA) is 66.4 Å². The molecule has 0 saturated heterocycles. The number of aliphatic hydroxyl groups is 1. The normalized spacial score (nSPS) is 11.3. The number of carbonyl (C=O) groups excluding carboxylic acids is 2. The lowest BCUT2D eigenvalue weighted by Gasteiger charge is -2.04. The van der Waals surface area contributed by atoms with Crippen molar-refractivity contribution in [2.45, 2.75) is 41.2 Å². The van der Waals surface area contributed by atoms with Crippen LogP contribution in [0.2, 0.25) is 0 Å². The van der Waals surface area contributed by atoms with Gasteiger partial charge in [0.2, 0.25) is 0 Å². The molecule has 1 aromatic heterocycles. The lowest BCUT2D eigenvalue weighted by atomic mass is 10.1. The molecule has 29 heavy (non-hydrogen) atoms. The number of benzene rings is 1. The molecule has 6 heteroatoms. The van der Waals surface area contributed by atoms with Gasteiger partial charge in [0.25, 0.3) is 5.91 Å². The smallest absolute Gasteiger partial charge is 0.261 e. The molecule has 2 N–H and O–H groups in total. The van der Waals surface area contributed by atoms with E-state index < -0.39 is 0 Å². The summed E-state index contributed by atoms with van der Waals surface area (Å²) in [5, 5.41) is 11.8. The van der Waals surface area contributed by atoms with Gasteiger partial charge in [-0.15, -0.1) is 11.3 Å². The number of nitrogens with one attached hydrogen (secondary N) is 1. The van der Waals surface area contributed by atoms with Crippen LogP contribution in [0.3, 0.4) is 0 Å². The Morgan fingerprint density at radius 2 is 1.93 bits per heavy atom. The number of ketones is 1. The first-order valence-electron chi connectivity index (χ1n) is 9.30. The van der Waals surface area contributed by atoms with Gasteiger partial charge in [0.1, 0.15) is 11.6 Å². The first kappa shape index (κ1) is 24.3. The predicted molar refractivity (Wildman–Crippen MR) is 117 cm³/mol. The molecule has 1 heterocycles. The summed E-state index contributed by atoms with van der Waals surface area (Å²) in [5.74, 6) is -0.478. The number of hydrogen-bond donors (Lipinski definition) is 2. The van der Waals surface area contributed by atoms with Crippen molar-refractivity contribution in [1.82, 2.24) is 5.32 Å². The predicted octanol–water partition coefficient (Wildman–Crippen LogP) is 5.66. The van der Waals surface area contributed by atoms with Crippen molar-refractivity contribution in [2.24, 2.45) is 5.92 Å². The highest BCUT2D eigenvalue weighted by Gasteiger charge is 2.11. The van der Waals surface area contributed by atoms with Crippen molar-refractivity contribution in [3.8, 4) is 0 Å². The van der Waals surface area contributed by atoms with E-state index in [1.54, 1.807) is 39.0 Å². The number of aryl methyl sites for hydroxylation is 2. The van der Waals surface area contributed by atoms with E-state index in [2.05, 4.69) is 5.32 Å². The van der Waals surface area contributed by atoms with Gasteiger partial charge in [-0.05, 0) is 56.2 Å². The number of halogens is 1. The summed E-state index contributed by atoms with van der Waals surface area (Å²) in [6, 6.07) is 8.22. The van der Waals surface area contributed by atoms with Crippen LogP contribution in [0.15, 0.2) is 54.3 Å². The molecule has 156 valence electrons. The lowest BCUT2D eigenvalue weighted by molar-refractivity contribution is -0.117. The summed E-state index contributed by atoms with van der Waals surface area (Å²) >= 11 is 1.47. The van der Waals surface area contributed by atoms with Gasteiger partial charge in [0.15, 0.2) is 5.78 Å². The molecule has 0 aliphatic carbocycles. The highest BCUT2D eigenvalue weighted by molar-refractivity contribution is 7.14. The molecule has 2 rings (SSSR count). The molecule has 0 spiro atoms. The van der Waals surface area contributed by atoms with Gasteiger partial charge in [-0.3, -0.25) is 9.59 Å². The van der Waals surface area contributed by atoms with Crippen LogP contribution in [0.25, 0.3) is 0 Å². The Labute approximate surface area is 175 Å². The van der Waals surface area contributed by atoms with Crippen molar-refractivity contribution in [2.75, 3.05) is 0 Å². The standard InChI is InChI=1S/C14H14FNOS.C9H14O2/c1-9-6-10(2)18-13(9)14(17)16-8-11-4-3-5-12(15)7-11;1-4-5-8(10)6-9(11)7(2)3/h3-7H,8H2,1-2H3,(H,16,17);4-7,10H,1-3H3/b;5-4-,8-6+. The van der Waals surface area contributed by atoms with Crippen molar-refractivity contribution >= 4 is 23.0 Å². The molecule has 0 aliphatic rings. The van der Waals surface area contributed by atoms with Crippen molar-refractivity contribution < 1.29 is 19.1 Å². The average molecular weight is 418 g/mol. The van der Waals surface area contributed by atoms with Gasteiger partial charge in [0.05, 0.1) is 4.88 Å². The van der Waals surface area contributed by atoms with Crippen molar-refractivity contribution in [3.05, 3.63) is 81.0 Å². The van der Waals surface area contributed by atoms with Crippen LogP contribution in [-0.4, -0.2) is 16.8 Å². The molecule has 0 radical (unpaired) electrons. The quantitative estimate of drug-likeness (QED) is 0.362. The minimum atomic E-state index is -0.287. The molecule has 2 aromatic rings. The molecular weight excluding hydrogens is 389 g/mol. The largest absolute Gasteiger partial charge is 0.508 e. The third kappa shape index (κ3) is 8.87. The van der Waals surface area contributed by atoms with Crippen molar-refractivity contribution in [1.29, 1.82) is 0 Å². The maximum atomic E-state index is 13.0. The molecule has 0 saturated carbocycles. The lowest BCUT2D eigenvalue weighted by Crippen LogP contribution is -2.22. The molecule has 0 bridgehead atoms. The number of thiophene rings is 1. The second-order valence-corrected chi connectivity index (χ2v) is 8.06. The molecule has 0 unspecified atom stereocenters. The molecular formula is C23H28FNO3S. The highest BCUT2D eigenvalue weighted by Crippen LogP contribution is 2.20. The van der Waals surface area contributed by atoms with E-state index >= 15 is 0 Å². The number of rotatable bonds is 6. The molecule has 0 atom stereocenters. The Bertz CT molecular complexity index is 897. The van der Waals surface area contributed by atoms with Gasteiger partial charge in [-0.1, -0.05) is 32.1 Å². The van der Waals surface area contributed by atoms with E-state index in [0.29, 0.717) is 6.54 Å². The maximum Gasteiger partial charge on any atom is 0.261 e. The average Bonchev–Trinajstić information content (AvgIpc) is 2.98. The monoisotopic (exact) mass is 417 g/mol. The van der Waals surface area contributed by atoms with E-state index in [1.165, 1.54) is 35.6 Å². The van der Waals surface area contributed by atoms with E-state index in [9.17, 15) is 14.0 Å². The Morgan fingerprint density at radius 3 is 2.45 bits per heavy atom. The first-order chi connectivity index (χ1) is 13.6. The molecule has 1 aromatic carbocycles. The fourth-order valence-electron chi connectivity index (χ4n) is 2.31. The fourth-order valence-corrected chi connectivity index (χ4v) is 3.25. The number of carbonyl (C=O) groups is 2. The van der Waals surface area contributed by atoms with E-state index in [-0.39, 0.29) is 29.2 Å². The van der Waals surface area contributed by atoms with Crippen LogP contribution >= 0.6 is 11.3 Å². The van der Waals surface area contributed by atoms with Crippen LogP contribution in [0.1, 0.15) is 46.4 Å². The summed E-state index contributed by atoms with van der Waals surface area (Å²) < 4.78 is 13.0. The molecule has 4 nitrogen and oxygen atoms in total. The fraction of sp³-hybridized carbons (Fsp3) is 0.304. The third-order valence-corrected chi connectivity index (χ3v) is 4.94. The van der Waals surface area contributed by atoms with Crippen molar-refractivity contribution in [3.63, 3.8) is 0 Å². The Kier molecular flexibility index (Phi) is 10.0. The van der Waals surface area contributed by atoms with Crippen LogP contribution in [-0.2, 0) is 11.3 Å². The van der Waals surface area contributed by atoms with Gasteiger partial charge in [-0.2, -0.15) is 0 Å². The van der Waals surface area contributed by atoms with E-state index in [4.69, 9.17) is 5.11 Å².